The molecule has 4 heteroatoms. The van der Waals surface area contributed by atoms with Gasteiger partial charge in [-0.2, -0.15) is 5.10 Å². The number of aliphatic hydroxyl groups excluding tert-OH is 1. The number of hydrogen-bond acceptors (Lipinski definition) is 3. The molecule has 0 radical (unpaired) electrons. The molecule has 0 aliphatic heterocycles. The van der Waals surface area contributed by atoms with Crippen molar-refractivity contribution in [1.29, 1.82) is 0 Å². The maximum atomic E-state index is 9.07. The Morgan fingerprint density at radius 1 is 1.50 bits per heavy atom. The van der Waals surface area contributed by atoms with Crippen LogP contribution >= 0.6 is 0 Å². The molecular formula is C10H19N3O. The van der Waals surface area contributed by atoms with Crippen LogP contribution in [0, 0.1) is 0 Å². The van der Waals surface area contributed by atoms with Crippen LogP contribution in [0.15, 0.2) is 18.5 Å². The van der Waals surface area contributed by atoms with E-state index in [0.29, 0.717) is 12.6 Å². The summed E-state index contributed by atoms with van der Waals surface area (Å²) in [5, 5.41) is 16.4. The van der Waals surface area contributed by atoms with Gasteiger partial charge in [-0.3, -0.25) is 4.68 Å². The molecule has 1 rings (SSSR count). The highest BCUT2D eigenvalue weighted by atomic mass is 16.3. The van der Waals surface area contributed by atoms with E-state index in [9.17, 15) is 0 Å². The van der Waals surface area contributed by atoms with Gasteiger partial charge in [0.25, 0.3) is 0 Å². The fraction of sp³-hybridized carbons (Fsp3) is 0.700. The van der Waals surface area contributed by atoms with Gasteiger partial charge in [0.1, 0.15) is 0 Å². The Morgan fingerprint density at radius 2 is 2.29 bits per heavy atom. The SMILES string of the molecule is CC(CCn1cccn1)NC[C@H](C)O. The monoisotopic (exact) mass is 197 g/mol. The van der Waals surface area contributed by atoms with Gasteiger partial charge in [-0.05, 0) is 26.3 Å². The molecular weight excluding hydrogens is 178 g/mol. The van der Waals surface area contributed by atoms with Crippen molar-refractivity contribution in [3.63, 3.8) is 0 Å². The van der Waals surface area contributed by atoms with E-state index in [1.807, 2.05) is 16.9 Å². The molecule has 2 N–H and O–H groups in total. The second kappa shape index (κ2) is 5.78. The first-order valence-corrected chi connectivity index (χ1v) is 5.07. The summed E-state index contributed by atoms with van der Waals surface area (Å²) in [7, 11) is 0. The van der Waals surface area contributed by atoms with E-state index < -0.39 is 0 Å². The molecule has 4 nitrogen and oxygen atoms in total. The van der Waals surface area contributed by atoms with E-state index in [1.165, 1.54) is 0 Å². The van der Waals surface area contributed by atoms with Gasteiger partial charge in [-0.25, -0.2) is 0 Å². The second-order valence-electron chi connectivity index (χ2n) is 3.72. The van der Waals surface area contributed by atoms with Gasteiger partial charge >= 0.3 is 0 Å². The maximum Gasteiger partial charge on any atom is 0.0636 e. The normalized spacial score (nSPS) is 15.4. The third-order valence-corrected chi connectivity index (χ3v) is 2.11. The highest BCUT2D eigenvalue weighted by Crippen LogP contribution is 1.95. The largest absolute Gasteiger partial charge is 0.392 e. The first kappa shape index (κ1) is 11.2. The van der Waals surface area contributed by atoms with Gasteiger partial charge in [0.2, 0.25) is 0 Å². The van der Waals surface area contributed by atoms with Crippen molar-refractivity contribution in [3.05, 3.63) is 18.5 Å². The predicted octanol–water partition coefficient (Wildman–Crippen LogP) is 0.632. The fourth-order valence-corrected chi connectivity index (χ4v) is 1.23. The van der Waals surface area contributed by atoms with Crippen molar-refractivity contribution in [3.8, 4) is 0 Å². The minimum absolute atomic E-state index is 0.276. The van der Waals surface area contributed by atoms with Crippen LogP contribution in [-0.4, -0.2) is 33.6 Å². The molecule has 0 amide bonds. The van der Waals surface area contributed by atoms with Crippen molar-refractivity contribution in [2.45, 2.75) is 39.0 Å². The number of aliphatic hydroxyl groups is 1. The molecule has 0 saturated heterocycles. The van der Waals surface area contributed by atoms with Gasteiger partial charge < -0.3 is 10.4 Å². The summed E-state index contributed by atoms with van der Waals surface area (Å²) in [6.07, 6.45) is 4.49. The van der Waals surface area contributed by atoms with Crippen LogP contribution < -0.4 is 5.32 Å². The maximum absolute atomic E-state index is 9.07. The molecule has 2 atom stereocenters. The zero-order valence-electron chi connectivity index (χ0n) is 8.85. The average Bonchev–Trinajstić information content (AvgIpc) is 2.63. The molecule has 14 heavy (non-hydrogen) atoms. The number of nitrogens with one attached hydrogen (secondary N) is 1. The average molecular weight is 197 g/mol. The van der Waals surface area contributed by atoms with Crippen LogP contribution in [0.1, 0.15) is 20.3 Å². The van der Waals surface area contributed by atoms with E-state index >= 15 is 0 Å². The zero-order chi connectivity index (χ0) is 10.4. The molecule has 0 aliphatic carbocycles. The third-order valence-electron chi connectivity index (χ3n) is 2.11. The van der Waals surface area contributed by atoms with Gasteiger partial charge in [0.05, 0.1) is 6.10 Å². The Morgan fingerprint density at radius 3 is 2.86 bits per heavy atom. The summed E-state index contributed by atoms with van der Waals surface area (Å²) in [6.45, 7) is 5.47. The summed E-state index contributed by atoms with van der Waals surface area (Å²) in [5.41, 5.74) is 0. The van der Waals surface area contributed by atoms with Crippen LogP contribution in [-0.2, 0) is 6.54 Å². The third kappa shape index (κ3) is 4.39. The molecule has 0 fully saturated rings. The number of nitrogens with zero attached hydrogens (tertiary/aromatic N) is 2. The number of rotatable bonds is 6. The molecule has 0 aliphatic rings. The van der Waals surface area contributed by atoms with E-state index in [-0.39, 0.29) is 6.10 Å². The number of aromatic nitrogens is 2. The van der Waals surface area contributed by atoms with Gasteiger partial charge in [0.15, 0.2) is 0 Å². The second-order valence-corrected chi connectivity index (χ2v) is 3.72. The quantitative estimate of drug-likeness (QED) is 0.703. The number of aryl methyl sites for hydroxylation is 1. The Balaban J connectivity index is 2.12. The minimum atomic E-state index is -0.276. The highest BCUT2D eigenvalue weighted by molar-refractivity contribution is 4.78. The molecule has 1 unspecified atom stereocenters. The van der Waals surface area contributed by atoms with Crippen LogP contribution in [0.25, 0.3) is 0 Å². The molecule has 80 valence electrons. The van der Waals surface area contributed by atoms with Gasteiger partial charge in [0, 0.05) is 31.5 Å². The highest BCUT2D eigenvalue weighted by Gasteiger charge is 2.03. The molecule has 0 bridgehead atoms. The van der Waals surface area contributed by atoms with Crippen molar-refractivity contribution in [1.82, 2.24) is 15.1 Å². The van der Waals surface area contributed by atoms with E-state index in [4.69, 9.17) is 5.11 Å². The van der Waals surface area contributed by atoms with Crippen molar-refractivity contribution >= 4 is 0 Å². The molecule has 0 aromatic carbocycles. The molecule has 1 heterocycles. The van der Waals surface area contributed by atoms with Crippen LogP contribution in [0.3, 0.4) is 0 Å². The Kier molecular flexibility index (Phi) is 4.62. The summed E-state index contributed by atoms with van der Waals surface area (Å²) < 4.78 is 1.92. The smallest absolute Gasteiger partial charge is 0.0636 e. The molecule has 0 saturated carbocycles. The Hall–Kier alpha value is -0.870. The van der Waals surface area contributed by atoms with E-state index in [2.05, 4.69) is 17.3 Å². The van der Waals surface area contributed by atoms with E-state index in [1.54, 1.807) is 13.1 Å². The summed E-state index contributed by atoms with van der Waals surface area (Å²) >= 11 is 0. The Labute approximate surface area is 84.9 Å². The van der Waals surface area contributed by atoms with Crippen LogP contribution in [0.2, 0.25) is 0 Å². The van der Waals surface area contributed by atoms with Crippen molar-refractivity contribution < 1.29 is 5.11 Å². The number of hydrogen-bond donors (Lipinski definition) is 2. The zero-order valence-corrected chi connectivity index (χ0v) is 8.85. The van der Waals surface area contributed by atoms with Crippen molar-refractivity contribution in [2.75, 3.05) is 6.54 Å². The first-order valence-electron chi connectivity index (χ1n) is 5.07. The lowest BCUT2D eigenvalue weighted by Gasteiger charge is -2.14. The topological polar surface area (TPSA) is 50.1 Å². The van der Waals surface area contributed by atoms with Crippen LogP contribution in [0.5, 0.6) is 0 Å². The van der Waals surface area contributed by atoms with E-state index in [0.717, 1.165) is 13.0 Å². The van der Waals surface area contributed by atoms with Gasteiger partial charge in [-0.1, -0.05) is 0 Å². The lowest BCUT2D eigenvalue weighted by atomic mass is 10.2. The summed E-state index contributed by atoms with van der Waals surface area (Å²) in [4.78, 5) is 0. The molecule has 0 spiro atoms. The summed E-state index contributed by atoms with van der Waals surface area (Å²) in [6, 6.07) is 2.34. The van der Waals surface area contributed by atoms with Gasteiger partial charge in [-0.15, -0.1) is 0 Å². The predicted molar refractivity (Wildman–Crippen MR) is 56.0 cm³/mol. The first-order chi connectivity index (χ1) is 6.68. The minimum Gasteiger partial charge on any atom is -0.392 e. The Bertz CT molecular complexity index is 234. The standard InChI is InChI=1S/C10H19N3O/c1-9(11-8-10(2)14)4-7-13-6-3-5-12-13/h3,5-6,9-11,14H,4,7-8H2,1-2H3/t9?,10-/m0/s1. The van der Waals surface area contributed by atoms with Crippen molar-refractivity contribution in [2.24, 2.45) is 0 Å². The lowest BCUT2D eigenvalue weighted by molar-refractivity contribution is 0.185. The van der Waals surface area contributed by atoms with Crippen LogP contribution in [0.4, 0.5) is 0 Å². The molecule has 1 aromatic rings. The molecule has 1 aromatic heterocycles. The lowest BCUT2D eigenvalue weighted by Crippen LogP contribution is -2.33. The summed E-state index contributed by atoms with van der Waals surface area (Å²) in [5.74, 6) is 0. The fourth-order valence-electron chi connectivity index (χ4n) is 1.23.